The second kappa shape index (κ2) is 7.45. The molecular weight excluding hydrogens is 309 g/mol. The fourth-order valence-corrected chi connectivity index (χ4v) is 2.93. The fraction of sp³-hybridized carbons (Fsp3) is 0.533. The minimum absolute atomic E-state index is 0.0436. The molecule has 1 amide bonds. The van der Waals surface area contributed by atoms with Crippen molar-refractivity contribution in [3.63, 3.8) is 0 Å². The van der Waals surface area contributed by atoms with Crippen molar-refractivity contribution in [1.82, 2.24) is 4.90 Å². The van der Waals surface area contributed by atoms with Gasteiger partial charge in [-0.25, -0.2) is 0 Å². The molecule has 1 aliphatic rings. The Morgan fingerprint density at radius 2 is 2.14 bits per heavy atom. The number of halogens is 2. The number of benzene rings is 1. The molecular formula is C15H21Cl2N3O. The third-order valence-electron chi connectivity index (χ3n) is 3.99. The topological polar surface area (TPSA) is 58.4 Å². The third kappa shape index (κ3) is 4.58. The fourth-order valence-electron chi connectivity index (χ4n) is 2.63. The summed E-state index contributed by atoms with van der Waals surface area (Å²) < 4.78 is 0. The zero-order valence-corrected chi connectivity index (χ0v) is 13.6. The van der Waals surface area contributed by atoms with Gasteiger partial charge in [0.25, 0.3) is 0 Å². The number of hydrogen-bond donors (Lipinski definition) is 2. The highest BCUT2D eigenvalue weighted by atomic mass is 35.5. The molecule has 2 rings (SSSR count). The van der Waals surface area contributed by atoms with Crippen LogP contribution in [0.3, 0.4) is 0 Å². The highest BCUT2D eigenvalue weighted by molar-refractivity contribution is 6.42. The molecule has 1 aromatic rings. The van der Waals surface area contributed by atoms with E-state index in [0.717, 1.165) is 19.4 Å². The van der Waals surface area contributed by atoms with Crippen LogP contribution in [-0.2, 0) is 4.79 Å². The number of nitrogens with zero attached hydrogens (tertiary/aromatic N) is 1. The zero-order chi connectivity index (χ0) is 15.4. The first-order valence-corrected chi connectivity index (χ1v) is 7.94. The van der Waals surface area contributed by atoms with Crippen LogP contribution in [0.2, 0.25) is 10.0 Å². The van der Waals surface area contributed by atoms with Gasteiger partial charge in [-0.3, -0.25) is 9.69 Å². The van der Waals surface area contributed by atoms with Gasteiger partial charge >= 0.3 is 0 Å². The molecule has 0 bridgehead atoms. The number of anilines is 1. The van der Waals surface area contributed by atoms with Crippen LogP contribution in [0.4, 0.5) is 5.69 Å². The lowest BCUT2D eigenvalue weighted by molar-refractivity contribution is -0.118. The van der Waals surface area contributed by atoms with Gasteiger partial charge in [-0.1, -0.05) is 23.2 Å². The number of carbonyl (C=O) groups is 1. The van der Waals surface area contributed by atoms with Crippen LogP contribution in [0.5, 0.6) is 0 Å². The van der Waals surface area contributed by atoms with Crippen LogP contribution in [0, 0.1) is 5.92 Å². The van der Waals surface area contributed by atoms with Crippen LogP contribution in [0.25, 0.3) is 0 Å². The van der Waals surface area contributed by atoms with E-state index in [1.54, 1.807) is 18.2 Å². The molecule has 116 valence electrons. The molecule has 0 saturated carbocycles. The van der Waals surface area contributed by atoms with Gasteiger partial charge in [0.2, 0.25) is 5.91 Å². The number of carbonyl (C=O) groups excluding carboxylic acids is 1. The third-order valence-corrected chi connectivity index (χ3v) is 4.73. The summed E-state index contributed by atoms with van der Waals surface area (Å²) in [6.07, 6.45) is 2.23. The highest BCUT2D eigenvalue weighted by Gasteiger charge is 2.26. The summed E-state index contributed by atoms with van der Waals surface area (Å²) >= 11 is 11.8. The number of nitrogens with two attached hydrogens (primary N) is 1. The first-order chi connectivity index (χ1) is 9.99. The highest BCUT2D eigenvalue weighted by Crippen LogP contribution is 2.25. The largest absolute Gasteiger partial charge is 0.330 e. The molecule has 1 saturated heterocycles. The van der Waals surface area contributed by atoms with Crippen molar-refractivity contribution in [2.75, 3.05) is 25.0 Å². The summed E-state index contributed by atoms with van der Waals surface area (Å²) in [5.41, 5.74) is 6.40. The maximum Gasteiger partial charge on any atom is 0.238 e. The van der Waals surface area contributed by atoms with E-state index in [2.05, 4.69) is 17.1 Å². The van der Waals surface area contributed by atoms with Crippen molar-refractivity contribution in [3.8, 4) is 0 Å². The van der Waals surface area contributed by atoms with Crippen LogP contribution in [0.15, 0.2) is 18.2 Å². The molecule has 4 nitrogen and oxygen atoms in total. The van der Waals surface area contributed by atoms with Crippen LogP contribution in [-0.4, -0.2) is 36.5 Å². The van der Waals surface area contributed by atoms with Gasteiger partial charge in [0.1, 0.15) is 0 Å². The number of nitrogens with one attached hydrogen (secondary N) is 1. The van der Waals surface area contributed by atoms with Crippen LogP contribution in [0.1, 0.15) is 19.8 Å². The Bertz CT molecular complexity index is 510. The van der Waals surface area contributed by atoms with E-state index < -0.39 is 0 Å². The molecule has 6 heteroatoms. The first kappa shape index (κ1) is 16.6. The molecule has 1 aliphatic heterocycles. The van der Waals surface area contributed by atoms with E-state index in [-0.39, 0.29) is 5.91 Å². The number of piperidine rings is 1. The van der Waals surface area contributed by atoms with Gasteiger partial charge in [-0.15, -0.1) is 0 Å². The maximum absolute atomic E-state index is 12.2. The molecule has 21 heavy (non-hydrogen) atoms. The smallest absolute Gasteiger partial charge is 0.238 e. The summed E-state index contributed by atoms with van der Waals surface area (Å²) in [6, 6.07) is 5.49. The average molecular weight is 330 g/mol. The minimum Gasteiger partial charge on any atom is -0.330 e. The van der Waals surface area contributed by atoms with E-state index in [0.29, 0.717) is 40.8 Å². The normalized spacial score (nSPS) is 23.0. The first-order valence-electron chi connectivity index (χ1n) is 7.18. The summed E-state index contributed by atoms with van der Waals surface area (Å²) in [5.74, 6) is 0.442. The maximum atomic E-state index is 12.2. The molecule has 1 fully saturated rings. The van der Waals surface area contributed by atoms with Gasteiger partial charge in [-0.05, 0) is 50.4 Å². The summed E-state index contributed by atoms with van der Waals surface area (Å²) in [4.78, 5) is 14.3. The average Bonchev–Trinajstić information content (AvgIpc) is 2.45. The van der Waals surface area contributed by atoms with Crippen LogP contribution < -0.4 is 11.1 Å². The molecule has 2 atom stereocenters. The molecule has 0 aliphatic carbocycles. The number of hydrogen-bond acceptors (Lipinski definition) is 3. The Balaban J connectivity index is 1.92. The summed E-state index contributed by atoms with van der Waals surface area (Å²) in [5, 5.41) is 3.77. The SMILES string of the molecule is CC1CCC(CN)CN1CC(=O)Nc1ccc(Cl)c(Cl)c1. The van der Waals surface area contributed by atoms with E-state index in [1.807, 2.05) is 0 Å². The van der Waals surface area contributed by atoms with Crippen molar-refractivity contribution in [2.24, 2.45) is 11.7 Å². The standard InChI is InChI=1S/C15H21Cl2N3O/c1-10-2-3-11(7-18)8-20(10)9-15(21)19-12-4-5-13(16)14(17)6-12/h4-6,10-11H,2-3,7-9,18H2,1H3,(H,19,21). The van der Waals surface area contributed by atoms with Crippen molar-refractivity contribution in [1.29, 1.82) is 0 Å². The lowest BCUT2D eigenvalue weighted by Crippen LogP contribution is -2.47. The van der Waals surface area contributed by atoms with Gasteiger partial charge in [0.05, 0.1) is 16.6 Å². The molecule has 2 unspecified atom stereocenters. The van der Waals surface area contributed by atoms with E-state index >= 15 is 0 Å². The minimum atomic E-state index is -0.0436. The second-order valence-corrected chi connectivity index (χ2v) is 6.45. The molecule has 1 aromatic carbocycles. The van der Waals surface area contributed by atoms with E-state index in [4.69, 9.17) is 28.9 Å². The Labute approximate surface area is 135 Å². The van der Waals surface area contributed by atoms with Gasteiger partial charge in [0.15, 0.2) is 0 Å². The number of amides is 1. The van der Waals surface area contributed by atoms with Crippen molar-refractivity contribution in [3.05, 3.63) is 28.2 Å². The Kier molecular flexibility index (Phi) is 5.88. The molecule has 3 N–H and O–H groups in total. The Morgan fingerprint density at radius 3 is 2.81 bits per heavy atom. The second-order valence-electron chi connectivity index (χ2n) is 5.63. The number of rotatable bonds is 4. The molecule has 0 radical (unpaired) electrons. The van der Waals surface area contributed by atoms with Crippen LogP contribution >= 0.6 is 23.2 Å². The predicted molar refractivity (Wildman–Crippen MR) is 87.9 cm³/mol. The predicted octanol–water partition coefficient (Wildman–Crippen LogP) is 2.99. The molecule has 0 spiro atoms. The van der Waals surface area contributed by atoms with Crippen molar-refractivity contribution >= 4 is 34.8 Å². The zero-order valence-electron chi connectivity index (χ0n) is 12.1. The number of likely N-dealkylation sites (tertiary alicyclic amines) is 1. The monoisotopic (exact) mass is 329 g/mol. The van der Waals surface area contributed by atoms with E-state index in [1.165, 1.54) is 0 Å². The Morgan fingerprint density at radius 1 is 1.38 bits per heavy atom. The molecule has 0 aromatic heterocycles. The summed E-state index contributed by atoms with van der Waals surface area (Å²) in [6.45, 7) is 4.08. The lowest BCUT2D eigenvalue weighted by Gasteiger charge is -2.37. The van der Waals surface area contributed by atoms with Gasteiger partial charge in [-0.2, -0.15) is 0 Å². The lowest BCUT2D eigenvalue weighted by atomic mass is 9.93. The molecule has 1 heterocycles. The van der Waals surface area contributed by atoms with Crippen molar-refractivity contribution in [2.45, 2.75) is 25.8 Å². The van der Waals surface area contributed by atoms with Gasteiger partial charge < -0.3 is 11.1 Å². The van der Waals surface area contributed by atoms with Crippen molar-refractivity contribution < 1.29 is 4.79 Å². The summed E-state index contributed by atoms with van der Waals surface area (Å²) in [7, 11) is 0. The quantitative estimate of drug-likeness (QED) is 0.892. The van der Waals surface area contributed by atoms with E-state index in [9.17, 15) is 4.79 Å². The van der Waals surface area contributed by atoms with Gasteiger partial charge in [0, 0.05) is 18.3 Å². The Hall–Kier alpha value is -0.810.